The normalized spacial score (nSPS) is 11.7. The Balaban J connectivity index is 2.40. The first-order valence-corrected chi connectivity index (χ1v) is 10.4. The lowest BCUT2D eigenvalue weighted by Crippen LogP contribution is -2.38. The molecule has 1 aromatic rings. The van der Waals surface area contributed by atoms with Gasteiger partial charge in [-0.1, -0.05) is 49.1 Å². The van der Waals surface area contributed by atoms with E-state index in [9.17, 15) is 4.79 Å². The van der Waals surface area contributed by atoms with E-state index in [0.717, 1.165) is 6.54 Å². The smallest absolute Gasteiger partial charge is 0.234 e. The zero-order valence-electron chi connectivity index (χ0n) is 12.7. The van der Waals surface area contributed by atoms with Crippen LogP contribution in [0.1, 0.15) is 19.4 Å². The number of rotatable bonds is 6. The lowest BCUT2D eigenvalue weighted by Gasteiger charge is -2.16. The van der Waals surface area contributed by atoms with Crippen LogP contribution in [0, 0.1) is 0 Å². The van der Waals surface area contributed by atoms with Crippen LogP contribution in [0.3, 0.4) is 0 Å². The SMILES string of the molecule is CC(C)NC(=O)CNCc1ccc([Si](C)(C)C)cc1. The summed E-state index contributed by atoms with van der Waals surface area (Å²) < 4.78 is 0. The first kappa shape index (κ1) is 15.9. The van der Waals surface area contributed by atoms with Gasteiger partial charge in [-0.25, -0.2) is 0 Å². The molecular weight excluding hydrogens is 252 g/mol. The summed E-state index contributed by atoms with van der Waals surface area (Å²) in [6.07, 6.45) is 0. The summed E-state index contributed by atoms with van der Waals surface area (Å²) in [6, 6.07) is 8.95. The summed E-state index contributed by atoms with van der Waals surface area (Å²) in [4.78, 5) is 11.5. The molecule has 2 N–H and O–H groups in total. The molecule has 0 unspecified atom stereocenters. The minimum Gasteiger partial charge on any atom is -0.353 e. The molecule has 0 aliphatic carbocycles. The predicted molar refractivity (Wildman–Crippen MR) is 84.4 cm³/mol. The van der Waals surface area contributed by atoms with E-state index in [-0.39, 0.29) is 11.9 Å². The van der Waals surface area contributed by atoms with Crippen LogP contribution in [0.5, 0.6) is 0 Å². The van der Waals surface area contributed by atoms with E-state index in [4.69, 9.17) is 0 Å². The highest BCUT2D eigenvalue weighted by Crippen LogP contribution is 2.04. The molecule has 106 valence electrons. The Kier molecular flexibility index (Phi) is 5.75. The molecule has 0 bridgehead atoms. The van der Waals surface area contributed by atoms with Gasteiger partial charge in [0.05, 0.1) is 14.6 Å². The van der Waals surface area contributed by atoms with E-state index in [2.05, 4.69) is 54.5 Å². The Morgan fingerprint density at radius 1 is 1.16 bits per heavy atom. The lowest BCUT2D eigenvalue weighted by molar-refractivity contribution is -0.120. The summed E-state index contributed by atoms with van der Waals surface area (Å²) >= 11 is 0. The lowest BCUT2D eigenvalue weighted by atomic mass is 10.2. The maximum atomic E-state index is 11.5. The van der Waals surface area contributed by atoms with Crippen LogP contribution in [-0.2, 0) is 11.3 Å². The minimum absolute atomic E-state index is 0.0497. The van der Waals surface area contributed by atoms with Gasteiger partial charge in [-0.3, -0.25) is 4.79 Å². The molecule has 0 spiro atoms. The minimum atomic E-state index is -1.21. The molecule has 0 radical (unpaired) electrons. The van der Waals surface area contributed by atoms with Gasteiger partial charge in [-0.15, -0.1) is 0 Å². The molecule has 1 aromatic carbocycles. The van der Waals surface area contributed by atoms with Crippen LogP contribution in [-0.4, -0.2) is 26.6 Å². The average molecular weight is 278 g/mol. The molecule has 0 aliphatic rings. The number of carbonyl (C=O) groups is 1. The van der Waals surface area contributed by atoms with Crippen molar-refractivity contribution in [3.05, 3.63) is 29.8 Å². The number of carbonyl (C=O) groups excluding carboxylic acids is 1. The molecule has 0 saturated heterocycles. The average Bonchev–Trinajstić information content (AvgIpc) is 2.27. The summed E-state index contributed by atoms with van der Waals surface area (Å²) in [6.45, 7) is 12.1. The number of hydrogen-bond acceptors (Lipinski definition) is 2. The third-order valence-electron chi connectivity index (χ3n) is 2.88. The standard InChI is InChI=1S/C15H26N2OSi/c1-12(2)17-15(18)11-16-10-13-6-8-14(9-7-13)19(3,4)5/h6-9,12,16H,10-11H2,1-5H3,(H,17,18). The molecule has 0 aromatic heterocycles. The van der Waals surface area contributed by atoms with Crippen molar-refractivity contribution in [3.8, 4) is 0 Å². The first-order valence-electron chi connectivity index (χ1n) is 6.88. The molecule has 1 amide bonds. The van der Waals surface area contributed by atoms with E-state index in [1.54, 1.807) is 0 Å². The Labute approximate surface area is 117 Å². The van der Waals surface area contributed by atoms with Gasteiger partial charge < -0.3 is 10.6 Å². The van der Waals surface area contributed by atoms with Crippen molar-refractivity contribution >= 4 is 19.2 Å². The maximum Gasteiger partial charge on any atom is 0.234 e. The van der Waals surface area contributed by atoms with E-state index in [1.165, 1.54) is 10.8 Å². The third kappa shape index (κ3) is 6.03. The maximum absolute atomic E-state index is 11.5. The highest BCUT2D eigenvalue weighted by atomic mass is 28.3. The van der Waals surface area contributed by atoms with Gasteiger partial charge in [0.15, 0.2) is 0 Å². The Hall–Kier alpha value is -1.13. The first-order chi connectivity index (χ1) is 8.79. The van der Waals surface area contributed by atoms with Gasteiger partial charge in [-0.05, 0) is 19.4 Å². The van der Waals surface area contributed by atoms with Crippen LogP contribution in [0.2, 0.25) is 19.6 Å². The van der Waals surface area contributed by atoms with Gasteiger partial charge >= 0.3 is 0 Å². The monoisotopic (exact) mass is 278 g/mol. The fraction of sp³-hybridized carbons (Fsp3) is 0.533. The predicted octanol–water partition coefficient (Wildman–Crippen LogP) is 1.85. The third-order valence-corrected chi connectivity index (χ3v) is 4.95. The Morgan fingerprint density at radius 3 is 2.21 bits per heavy atom. The van der Waals surface area contributed by atoms with Gasteiger partial charge in [0.25, 0.3) is 0 Å². The topological polar surface area (TPSA) is 41.1 Å². The van der Waals surface area contributed by atoms with Gasteiger partial charge in [0.2, 0.25) is 5.91 Å². The zero-order valence-corrected chi connectivity index (χ0v) is 13.7. The van der Waals surface area contributed by atoms with Crippen LogP contribution >= 0.6 is 0 Å². The number of amides is 1. The summed E-state index contributed by atoms with van der Waals surface area (Å²) in [7, 11) is -1.21. The van der Waals surface area contributed by atoms with Crippen molar-refractivity contribution in [2.24, 2.45) is 0 Å². The second kappa shape index (κ2) is 6.87. The molecule has 19 heavy (non-hydrogen) atoms. The number of hydrogen-bond donors (Lipinski definition) is 2. The van der Waals surface area contributed by atoms with Crippen molar-refractivity contribution < 1.29 is 4.79 Å². The van der Waals surface area contributed by atoms with E-state index in [0.29, 0.717) is 6.54 Å². The summed E-state index contributed by atoms with van der Waals surface area (Å²) in [5, 5.41) is 7.49. The van der Waals surface area contributed by atoms with Crippen molar-refractivity contribution in [1.29, 1.82) is 0 Å². The van der Waals surface area contributed by atoms with E-state index < -0.39 is 8.07 Å². The number of nitrogens with one attached hydrogen (secondary N) is 2. The van der Waals surface area contributed by atoms with Crippen LogP contribution in [0.25, 0.3) is 0 Å². The fourth-order valence-electron chi connectivity index (χ4n) is 1.82. The van der Waals surface area contributed by atoms with Crippen LogP contribution in [0.4, 0.5) is 0 Å². The quantitative estimate of drug-likeness (QED) is 0.780. The van der Waals surface area contributed by atoms with Crippen molar-refractivity contribution in [3.63, 3.8) is 0 Å². The van der Waals surface area contributed by atoms with Crippen LogP contribution < -0.4 is 15.8 Å². The van der Waals surface area contributed by atoms with Gasteiger partial charge in [-0.2, -0.15) is 0 Å². The molecule has 0 aliphatic heterocycles. The molecule has 0 heterocycles. The van der Waals surface area contributed by atoms with E-state index >= 15 is 0 Å². The molecule has 1 rings (SSSR count). The van der Waals surface area contributed by atoms with Crippen molar-refractivity contribution in [2.45, 2.75) is 46.1 Å². The summed E-state index contributed by atoms with van der Waals surface area (Å²) in [5.74, 6) is 0.0497. The van der Waals surface area contributed by atoms with E-state index in [1.807, 2.05) is 13.8 Å². The number of benzene rings is 1. The van der Waals surface area contributed by atoms with Crippen molar-refractivity contribution in [1.82, 2.24) is 10.6 Å². The van der Waals surface area contributed by atoms with Gasteiger partial charge in [0, 0.05) is 12.6 Å². The second-order valence-electron chi connectivity index (χ2n) is 6.27. The highest BCUT2D eigenvalue weighted by Gasteiger charge is 2.15. The largest absolute Gasteiger partial charge is 0.353 e. The Morgan fingerprint density at radius 2 is 1.74 bits per heavy atom. The second-order valence-corrected chi connectivity index (χ2v) is 11.4. The molecule has 0 saturated carbocycles. The molecule has 3 nitrogen and oxygen atoms in total. The Bertz CT molecular complexity index is 407. The van der Waals surface area contributed by atoms with Crippen LogP contribution in [0.15, 0.2) is 24.3 Å². The van der Waals surface area contributed by atoms with Gasteiger partial charge in [0.1, 0.15) is 0 Å². The fourth-order valence-corrected chi connectivity index (χ4v) is 2.98. The zero-order chi connectivity index (χ0) is 14.5. The molecule has 4 heteroatoms. The summed E-state index contributed by atoms with van der Waals surface area (Å²) in [5.41, 5.74) is 1.22. The molecule has 0 atom stereocenters. The molecular formula is C15H26N2OSi. The highest BCUT2D eigenvalue weighted by molar-refractivity contribution is 6.88. The van der Waals surface area contributed by atoms with Crippen molar-refractivity contribution in [2.75, 3.05) is 6.54 Å². The molecule has 0 fully saturated rings.